The van der Waals surface area contributed by atoms with Crippen LogP contribution in [0.2, 0.25) is 5.02 Å². The van der Waals surface area contributed by atoms with Crippen LogP contribution in [-0.4, -0.2) is 11.2 Å². The van der Waals surface area contributed by atoms with Crippen LogP contribution in [0.3, 0.4) is 0 Å². The summed E-state index contributed by atoms with van der Waals surface area (Å²) in [4.78, 5) is 0. The summed E-state index contributed by atoms with van der Waals surface area (Å²) in [5, 5.41) is 11.0. The zero-order chi connectivity index (χ0) is 14.7. The van der Waals surface area contributed by atoms with E-state index in [1.54, 1.807) is 6.07 Å². The molecule has 0 aromatic heterocycles. The molecule has 2 rings (SSSR count). The molecule has 2 aromatic carbocycles. The third-order valence-corrected chi connectivity index (χ3v) is 3.66. The van der Waals surface area contributed by atoms with Gasteiger partial charge in [-0.15, -0.1) is 0 Å². The Morgan fingerprint density at radius 1 is 1.10 bits per heavy atom. The monoisotopic (exact) mass is 354 g/mol. The van der Waals surface area contributed by atoms with Crippen LogP contribution in [0.1, 0.15) is 31.1 Å². The molecule has 0 heterocycles. The highest BCUT2D eigenvalue weighted by atomic mass is 79.9. The third kappa shape index (κ3) is 3.75. The molecule has 0 amide bonds. The van der Waals surface area contributed by atoms with Gasteiger partial charge in [0.25, 0.3) is 0 Å². The molecule has 0 saturated heterocycles. The van der Waals surface area contributed by atoms with Crippen molar-refractivity contribution in [2.45, 2.75) is 26.1 Å². The van der Waals surface area contributed by atoms with Crippen LogP contribution in [0.25, 0.3) is 0 Å². The van der Waals surface area contributed by atoms with Gasteiger partial charge in [0.05, 0.1) is 6.10 Å². The van der Waals surface area contributed by atoms with Crippen LogP contribution in [0.4, 0.5) is 0 Å². The summed E-state index contributed by atoms with van der Waals surface area (Å²) in [5.41, 5.74) is 1.46. The molecule has 0 saturated carbocycles. The normalized spacial score (nSPS) is 12.5. The number of hydrogen-bond donors (Lipinski definition) is 1. The molecule has 1 N–H and O–H groups in total. The zero-order valence-electron chi connectivity index (χ0n) is 11.3. The maximum absolute atomic E-state index is 10.4. The van der Waals surface area contributed by atoms with Gasteiger partial charge in [0, 0.05) is 15.1 Å². The predicted octanol–water partition coefficient (Wildman–Crippen LogP) is 4.97. The molecule has 1 unspecified atom stereocenters. The second kappa shape index (κ2) is 6.61. The quantitative estimate of drug-likeness (QED) is 0.839. The van der Waals surface area contributed by atoms with Crippen molar-refractivity contribution in [2.24, 2.45) is 0 Å². The second-order valence-electron chi connectivity index (χ2n) is 4.80. The number of ether oxygens (including phenoxy) is 1. The summed E-state index contributed by atoms with van der Waals surface area (Å²) < 4.78 is 6.47. The predicted molar refractivity (Wildman–Crippen MR) is 85.4 cm³/mol. The lowest BCUT2D eigenvalue weighted by molar-refractivity contribution is 0.219. The molecule has 0 spiro atoms. The van der Waals surface area contributed by atoms with Crippen molar-refractivity contribution in [3.8, 4) is 5.75 Å². The van der Waals surface area contributed by atoms with E-state index in [2.05, 4.69) is 15.9 Å². The van der Waals surface area contributed by atoms with Crippen molar-refractivity contribution in [1.82, 2.24) is 0 Å². The average molecular weight is 356 g/mol. The van der Waals surface area contributed by atoms with Gasteiger partial charge in [0.2, 0.25) is 0 Å². The van der Waals surface area contributed by atoms with Gasteiger partial charge in [-0.2, -0.15) is 0 Å². The molecule has 106 valence electrons. The number of benzene rings is 2. The minimum atomic E-state index is -0.756. The van der Waals surface area contributed by atoms with Crippen molar-refractivity contribution < 1.29 is 9.84 Å². The number of aliphatic hydroxyl groups excluding tert-OH is 1. The third-order valence-electron chi connectivity index (χ3n) is 2.82. The average Bonchev–Trinajstić information content (AvgIpc) is 2.41. The van der Waals surface area contributed by atoms with E-state index >= 15 is 0 Å². The van der Waals surface area contributed by atoms with E-state index in [0.29, 0.717) is 10.6 Å². The van der Waals surface area contributed by atoms with Crippen molar-refractivity contribution >= 4 is 27.5 Å². The minimum Gasteiger partial charge on any atom is -0.491 e. The van der Waals surface area contributed by atoms with Gasteiger partial charge in [-0.05, 0) is 49.7 Å². The van der Waals surface area contributed by atoms with Crippen LogP contribution >= 0.6 is 27.5 Å². The molecular formula is C16H16BrClO2. The molecule has 20 heavy (non-hydrogen) atoms. The Bertz CT molecular complexity index is 582. The Hall–Kier alpha value is -1.03. The second-order valence-corrected chi connectivity index (χ2v) is 6.13. The Morgan fingerprint density at radius 3 is 2.35 bits per heavy atom. The SMILES string of the molecule is CC(C)Oc1ccc(C(O)c2cc(Br)ccc2Cl)cc1. The van der Waals surface area contributed by atoms with Gasteiger partial charge in [-0.1, -0.05) is 39.7 Å². The van der Waals surface area contributed by atoms with Crippen LogP contribution in [-0.2, 0) is 0 Å². The molecule has 1 atom stereocenters. The number of hydrogen-bond acceptors (Lipinski definition) is 2. The van der Waals surface area contributed by atoms with Crippen LogP contribution < -0.4 is 4.74 Å². The first kappa shape index (κ1) is 15.4. The van der Waals surface area contributed by atoms with E-state index in [1.165, 1.54) is 0 Å². The van der Waals surface area contributed by atoms with Gasteiger partial charge in [0.1, 0.15) is 11.9 Å². The van der Waals surface area contributed by atoms with E-state index in [1.807, 2.05) is 50.2 Å². The largest absolute Gasteiger partial charge is 0.491 e. The highest BCUT2D eigenvalue weighted by Crippen LogP contribution is 2.31. The Balaban J connectivity index is 2.24. The van der Waals surface area contributed by atoms with Crippen molar-refractivity contribution in [1.29, 1.82) is 0 Å². The molecule has 0 aliphatic carbocycles. The fraction of sp³-hybridized carbons (Fsp3) is 0.250. The van der Waals surface area contributed by atoms with E-state index in [0.717, 1.165) is 15.8 Å². The molecule has 0 aliphatic heterocycles. The van der Waals surface area contributed by atoms with Crippen LogP contribution in [0.15, 0.2) is 46.9 Å². The minimum absolute atomic E-state index is 0.130. The Labute approximate surface area is 132 Å². The van der Waals surface area contributed by atoms with Gasteiger partial charge in [-0.3, -0.25) is 0 Å². The fourth-order valence-corrected chi connectivity index (χ4v) is 2.50. The van der Waals surface area contributed by atoms with Crippen LogP contribution in [0.5, 0.6) is 5.75 Å². The van der Waals surface area contributed by atoms with E-state index in [-0.39, 0.29) is 6.10 Å². The van der Waals surface area contributed by atoms with Gasteiger partial charge in [0.15, 0.2) is 0 Å². The highest BCUT2D eigenvalue weighted by molar-refractivity contribution is 9.10. The number of aliphatic hydroxyl groups is 1. The fourth-order valence-electron chi connectivity index (χ4n) is 1.90. The lowest BCUT2D eigenvalue weighted by Gasteiger charge is -2.15. The first-order valence-electron chi connectivity index (χ1n) is 6.37. The molecule has 0 radical (unpaired) electrons. The van der Waals surface area contributed by atoms with Crippen molar-refractivity contribution in [2.75, 3.05) is 0 Å². The van der Waals surface area contributed by atoms with E-state index in [4.69, 9.17) is 16.3 Å². The first-order chi connectivity index (χ1) is 9.47. The van der Waals surface area contributed by atoms with E-state index < -0.39 is 6.10 Å². The van der Waals surface area contributed by atoms with Gasteiger partial charge in [-0.25, -0.2) is 0 Å². The highest BCUT2D eigenvalue weighted by Gasteiger charge is 2.14. The van der Waals surface area contributed by atoms with Crippen LogP contribution in [0, 0.1) is 0 Å². The van der Waals surface area contributed by atoms with Crippen molar-refractivity contribution in [3.63, 3.8) is 0 Å². The lowest BCUT2D eigenvalue weighted by atomic mass is 10.0. The summed E-state index contributed by atoms with van der Waals surface area (Å²) >= 11 is 9.52. The smallest absolute Gasteiger partial charge is 0.119 e. The molecule has 2 nitrogen and oxygen atoms in total. The van der Waals surface area contributed by atoms with Gasteiger partial charge >= 0.3 is 0 Å². The lowest BCUT2D eigenvalue weighted by Crippen LogP contribution is -2.06. The standard InChI is InChI=1S/C16H16BrClO2/c1-10(2)20-13-6-3-11(4-7-13)16(19)14-9-12(17)5-8-15(14)18/h3-10,16,19H,1-2H3. The summed E-state index contributed by atoms with van der Waals surface area (Å²) in [6.07, 6.45) is -0.626. The zero-order valence-corrected chi connectivity index (χ0v) is 13.6. The maximum Gasteiger partial charge on any atom is 0.119 e. The molecule has 2 aromatic rings. The van der Waals surface area contributed by atoms with Gasteiger partial charge < -0.3 is 9.84 Å². The molecular weight excluding hydrogens is 340 g/mol. The number of rotatable bonds is 4. The molecule has 4 heteroatoms. The van der Waals surface area contributed by atoms with Crippen molar-refractivity contribution in [3.05, 3.63) is 63.1 Å². The summed E-state index contributed by atoms with van der Waals surface area (Å²) in [6.45, 7) is 3.95. The molecule has 0 bridgehead atoms. The number of halogens is 2. The van der Waals surface area contributed by atoms with E-state index in [9.17, 15) is 5.11 Å². The Morgan fingerprint density at radius 2 is 1.75 bits per heavy atom. The molecule has 0 aliphatic rings. The summed E-state index contributed by atoms with van der Waals surface area (Å²) in [7, 11) is 0. The summed E-state index contributed by atoms with van der Waals surface area (Å²) in [5.74, 6) is 0.788. The summed E-state index contributed by atoms with van der Waals surface area (Å²) in [6, 6.07) is 12.8. The maximum atomic E-state index is 10.4. The molecule has 0 fully saturated rings. The topological polar surface area (TPSA) is 29.5 Å². The Kier molecular flexibility index (Phi) is 5.08. The first-order valence-corrected chi connectivity index (χ1v) is 7.54.